The Bertz CT molecular complexity index is 204. The molecule has 18 heavy (non-hydrogen) atoms. The molecule has 0 saturated heterocycles. The number of carbonyl (C=O) groups is 1. The van der Waals surface area contributed by atoms with Crippen molar-refractivity contribution in [3.05, 3.63) is 0 Å². The summed E-state index contributed by atoms with van der Waals surface area (Å²) in [5.74, 6) is 0.468. The largest absolute Gasteiger partial charge is 0.508 e. The SMILES string of the molecule is CCCCCC(CCC)C(C)OC(=O)OCCC. The third kappa shape index (κ3) is 8.37. The van der Waals surface area contributed by atoms with Gasteiger partial charge in [0.25, 0.3) is 0 Å². The molecule has 0 fully saturated rings. The van der Waals surface area contributed by atoms with Gasteiger partial charge in [0.1, 0.15) is 6.10 Å². The van der Waals surface area contributed by atoms with Crippen molar-refractivity contribution in [1.29, 1.82) is 0 Å². The van der Waals surface area contributed by atoms with Crippen LogP contribution >= 0.6 is 0 Å². The van der Waals surface area contributed by atoms with Gasteiger partial charge in [-0.2, -0.15) is 0 Å². The van der Waals surface area contributed by atoms with Crippen LogP contribution in [0.1, 0.15) is 72.6 Å². The summed E-state index contributed by atoms with van der Waals surface area (Å²) >= 11 is 0. The first-order valence-corrected chi connectivity index (χ1v) is 7.49. The summed E-state index contributed by atoms with van der Waals surface area (Å²) < 4.78 is 10.3. The summed E-state index contributed by atoms with van der Waals surface area (Å²) in [6.07, 6.45) is 7.38. The van der Waals surface area contributed by atoms with Gasteiger partial charge < -0.3 is 9.47 Å². The minimum absolute atomic E-state index is 0.0360. The second kappa shape index (κ2) is 11.4. The molecule has 0 aromatic carbocycles. The first-order chi connectivity index (χ1) is 8.65. The zero-order chi connectivity index (χ0) is 13.8. The molecule has 0 bridgehead atoms. The van der Waals surface area contributed by atoms with Gasteiger partial charge in [0.05, 0.1) is 6.61 Å². The Labute approximate surface area is 112 Å². The molecular weight excluding hydrogens is 228 g/mol. The number of unbranched alkanes of at least 4 members (excludes halogenated alkanes) is 2. The number of hydrogen-bond donors (Lipinski definition) is 0. The molecule has 0 heterocycles. The smallest absolute Gasteiger partial charge is 0.434 e. The van der Waals surface area contributed by atoms with Crippen LogP contribution in [0.15, 0.2) is 0 Å². The quantitative estimate of drug-likeness (QED) is 0.411. The predicted octanol–water partition coefficient (Wildman–Crippen LogP) is 4.93. The van der Waals surface area contributed by atoms with Crippen molar-refractivity contribution < 1.29 is 14.3 Å². The monoisotopic (exact) mass is 258 g/mol. The molecule has 0 aliphatic rings. The van der Waals surface area contributed by atoms with Crippen LogP contribution in [0.5, 0.6) is 0 Å². The fourth-order valence-electron chi connectivity index (χ4n) is 2.11. The summed E-state index contributed by atoms with van der Waals surface area (Å²) in [6.45, 7) is 8.78. The summed E-state index contributed by atoms with van der Waals surface area (Å²) in [5, 5.41) is 0. The molecule has 0 aromatic heterocycles. The average molecular weight is 258 g/mol. The summed E-state index contributed by atoms with van der Waals surface area (Å²) in [4.78, 5) is 11.4. The van der Waals surface area contributed by atoms with E-state index in [2.05, 4.69) is 13.8 Å². The molecule has 0 aromatic rings. The lowest BCUT2D eigenvalue weighted by atomic mass is 9.92. The molecule has 108 valence electrons. The minimum atomic E-state index is -0.513. The fourth-order valence-corrected chi connectivity index (χ4v) is 2.11. The highest BCUT2D eigenvalue weighted by molar-refractivity contribution is 5.60. The van der Waals surface area contributed by atoms with Crippen LogP contribution in [0.2, 0.25) is 0 Å². The van der Waals surface area contributed by atoms with Crippen LogP contribution in [0, 0.1) is 5.92 Å². The van der Waals surface area contributed by atoms with Crippen LogP contribution in [0.25, 0.3) is 0 Å². The molecular formula is C15H30O3. The summed E-state index contributed by atoms with van der Waals surface area (Å²) in [6, 6.07) is 0. The van der Waals surface area contributed by atoms with Gasteiger partial charge in [-0.1, -0.05) is 46.5 Å². The van der Waals surface area contributed by atoms with Crippen molar-refractivity contribution >= 4 is 6.16 Å². The zero-order valence-corrected chi connectivity index (χ0v) is 12.5. The highest BCUT2D eigenvalue weighted by atomic mass is 16.7. The topological polar surface area (TPSA) is 35.5 Å². The van der Waals surface area contributed by atoms with E-state index in [-0.39, 0.29) is 6.10 Å². The lowest BCUT2D eigenvalue weighted by molar-refractivity contribution is 0.00577. The highest BCUT2D eigenvalue weighted by Crippen LogP contribution is 2.22. The van der Waals surface area contributed by atoms with Crippen molar-refractivity contribution in [2.24, 2.45) is 5.92 Å². The Balaban J connectivity index is 4.02. The Hall–Kier alpha value is -0.730. The average Bonchev–Trinajstić information content (AvgIpc) is 2.35. The number of rotatable bonds is 10. The van der Waals surface area contributed by atoms with Gasteiger partial charge >= 0.3 is 6.16 Å². The van der Waals surface area contributed by atoms with Crippen LogP contribution in [-0.2, 0) is 9.47 Å². The standard InChI is InChI=1S/C15H30O3/c1-5-8-9-11-14(10-6-2)13(4)18-15(16)17-12-7-3/h13-14H,5-12H2,1-4H3. The molecule has 0 saturated carbocycles. The molecule has 2 unspecified atom stereocenters. The Kier molecular flexibility index (Phi) is 10.9. The van der Waals surface area contributed by atoms with Gasteiger partial charge in [-0.3, -0.25) is 0 Å². The van der Waals surface area contributed by atoms with Gasteiger partial charge in [0, 0.05) is 0 Å². The lowest BCUT2D eigenvalue weighted by Gasteiger charge is -2.23. The van der Waals surface area contributed by atoms with E-state index in [4.69, 9.17) is 9.47 Å². The molecule has 0 spiro atoms. The normalized spacial score (nSPS) is 14.0. The molecule has 0 radical (unpaired) electrons. The van der Waals surface area contributed by atoms with Crippen molar-refractivity contribution in [3.63, 3.8) is 0 Å². The number of carbonyl (C=O) groups excluding carboxylic acids is 1. The maximum absolute atomic E-state index is 11.4. The molecule has 3 nitrogen and oxygen atoms in total. The maximum atomic E-state index is 11.4. The second-order valence-corrected chi connectivity index (χ2v) is 4.97. The number of ether oxygens (including phenoxy) is 2. The van der Waals surface area contributed by atoms with Gasteiger partial charge in [0.2, 0.25) is 0 Å². The molecule has 0 rings (SSSR count). The van der Waals surface area contributed by atoms with E-state index in [9.17, 15) is 4.79 Å². The van der Waals surface area contributed by atoms with Crippen molar-refractivity contribution in [1.82, 2.24) is 0 Å². The molecule has 3 heteroatoms. The minimum Gasteiger partial charge on any atom is -0.434 e. The fraction of sp³-hybridized carbons (Fsp3) is 0.933. The van der Waals surface area contributed by atoms with E-state index >= 15 is 0 Å². The Morgan fingerprint density at radius 1 is 1.00 bits per heavy atom. The molecule has 0 N–H and O–H groups in total. The van der Waals surface area contributed by atoms with Crippen LogP contribution in [0.3, 0.4) is 0 Å². The number of hydrogen-bond acceptors (Lipinski definition) is 3. The first kappa shape index (κ1) is 17.3. The van der Waals surface area contributed by atoms with E-state index in [1.165, 1.54) is 19.3 Å². The third-order valence-corrected chi connectivity index (χ3v) is 3.21. The van der Waals surface area contributed by atoms with Crippen LogP contribution < -0.4 is 0 Å². The van der Waals surface area contributed by atoms with Crippen molar-refractivity contribution in [3.8, 4) is 0 Å². The molecule has 0 aliphatic carbocycles. The summed E-state index contributed by atoms with van der Waals surface area (Å²) in [5.41, 5.74) is 0. The van der Waals surface area contributed by atoms with E-state index in [1.54, 1.807) is 0 Å². The van der Waals surface area contributed by atoms with E-state index < -0.39 is 6.16 Å². The van der Waals surface area contributed by atoms with Crippen LogP contribution in [-0.4, -0.2) is 18.9 Å². The van der Waals surface area contributed by atoms with Gasteiger partial charge in [-0.25, -0.2) is 4.79 Å². The predicted molar refractivity (Wildman–Crippen MR) is 74.7 cm³/mol. The molecule has 0 aliphatic heterocycles. The van der Waals surface area contributed by atoms with E-state index in [1.807, 2.05) is 13.8 Å². The Morgan fingerprint density at radius 2 is 1.72 bits per heavy atom. The zero-order valence-electron chi connectivity index (χ0n) is 12.5. The van der Waals surface area contributed by atoms with Gasteiger partial charge in [-0.05, 0) is 32.1 Å². The van der Waals surface area contributed by atoms with Crippen molar-refractivity contribution in [2.45, 2.75) is 78.7 Å². The van der Waals surface area contributed by atoms with Crippen LogP contribution in [0.4, 0.5) is 4.79 Å². The first-order valence-electron chi connectivity index (χ1n) is 7.49. The Morgan fingerprint density at radius 3 is 2.28 bits per heavy atom. The second-order valence-electron chi connectivity index (χ2n) is 4.97. The van der Waals surface area contributed by atoms with E-state index in [0.717, 1.165) is 25.7 Å². The summed E-state index contributed by atoms with van der Waals surface area (Å²) in [7, 11) is 0. The van der Waals surface area contributed by atoms with Gasteiger partial charge in [0.15, 0.2) is 0 Å². The van der Waals surface area contributed by atoms with Gasteiger partial charge in [-0.15, -0.1) is 0 Å². The third-order valence-electron chi connectivity index (χ3n) is 3.21. The highest BCUT2D eigenvalue weighted by Gasteiger charge is 2.20. The molecule has 2 atom stereocenters. The molecule has 0 amide bonds. The maximum Gasteiger partial charge on any atom is 0.508 e. The lowest BCUT2D eigenvalue weighted by Crippen LogP contribution is -2.25. The van der Waals surface area contributed by atoms with Crippen molar-refractivity contribution in [2.75, 3.05) is 6.61 Å². The van der Waals surface area contributed by atoms with E-state index in [0.29, 0.717) is 12.5 Å².